The van der Waals surface area contributed by atoms with Gasteiger partial charge in [-0.2, -0.15) is 0 Å². The average Bonchev–Trinajstić information content (AvgIpc) is 3.70. The van der Waals surface area contributed by atoms with Crippen LogP contribution < -0.4 is 0 Å². The third kappa shape index (κ3) is 2.75. The number of thiophene rings is 1. The van der Waals surface area contributed by atoms with Crippen LogP contribution in [-0.2, 0) is 0 Å². The molecule has 0 spiro atoms. The lowest BCUT2D eigenvalue weighted by atomic mass is 10.00. The molecular weight excluding hydrogens is 518 g/mol. The van der Waals surface area contributed by atoms with Crippen LogP contribution in [0, 0.1) is 0 Å². The molecule has 41 heavy (non-hydrogen) atoms. The SMILES string of the molecule is c1ccc(-n2c3ccccc3c3cc4c(cc32)c2ccc3sc5ccccc5c3c2c2nc3ccccc3n42)cc1. The van der Waals surface area contributed by atoms with Gasteiger partial charge < -0.3 is 4.57 Å². The molecule has 0 aliphatic carbocycles. The maximum atomic E-state index is 5.29. The van der Waals surface area contributed by atoms with E-state index >= 15 is 0 Å². The standard InChI is InChI=1S/C37H21N3S/c1-2-10-22(11-3-1)39-29-15-7-4-12-23(29)26-20-32-27(21-31(26)39)24-18-19-34-35(25-13-5-9-17-33(25)41-34)36(24)37-38-28-14-6-8-16-30(28)40(32)37/h1-21H. The van der Waals surface area contributed by atoms with Crippen LogP contribution in [0.3, 0.4) is 0 Å². The number of benzene rings is 6. The molecule has 0 bridgehead atoms. The monoisotopic (exact) mass is 539 g/mol. The summed E-state index contributed by atoms with van der Waals surface area (Å²) in [5.74, 6) is 0. The van der Waals surface area contributed by atoms with Crippen molar-refractivity contribution in [2.24, 2.45) is 0 Å². The van der Waals surface area contributed by atoms with E-state index in [0.717, 1.165) is 16.7 Å². The average molecular weight is 540 g/mol. The Labute approximate surface area is 238 Å². The zero-order valence-electron chi connectivity index (χ0n) is 21.9. The van der Waals surface area contributed by atoms with Crippen LogP contribution in [0.15, 0.2) is 127 Å². The van der Waals surface area contributed by atoms with Gasteiger partial charge in [0.1, 0.15) is 5.65 Å². The Hall–Kier alpha value is -5.19. The topological polar surface area (TPSA) is 22.2 Å². The van der Waals surface area contributed by atoms with Crippen molar-refractivity contribution in [3.63, 3.8) is 0 Å². The number of hydrogen-bond acceptors (Lipinski definition) is 2. The third-order valence-corrected chi connectivity index (χ3v) is 9.80. The first-order valence-electron chi connectivity index (χ1n) is 13.9. The highest BCUT2D eigenvalue weighted by atomic mass is 32.1. The molecule has 10 aromatic rings. The second kappa shape index (κ2) is 7.72. The smallest absolute Gasteiger partial charge is 0.147 e. The van der Waals surface area contributed by atoms with Crippen molar-refractivity contribution in [2.75, 3.05) is 0 Å². The largest absolute Gasteiger partial charge is 0.309 e. The molecule has 3 nitrogen and oxygen atoms in total. The number of para-hydroxylation sites is 4. The number of imidazole rings is 1. The van der Waals surface area contributed by atoms with Crippen molar-refractivity contribution >= 4 is 91.7 Å². The van der Waals surface area contributed by atoms with E-state index in [-0.39, 0.29) is 0 Å². The van der Waals surface area contributed by atoms with E-state index < -0.39 is 0 Å². The Morgan fingerprint density at radius 1 is 0.463 bits per heavy atom. The second-order valence-electron chi connectivity index (χ2n) is 10.8. The molecule has 4 aromatic heterocycles. The fourth-order valence-electron chi connectivity index (χ4n) is 6.97. The second-order valence-corrected chi connectivity index (χ2v) is 11.9. The molecule has 0 saturated heterocycles. The van der Waals surface area contributed by atoms with Gasteiger partial charge in [-0.3, -0.25) is 4.40 Å². The van der Waals surface area contributed by atoms with Gasteiger partial charge in [0.05, 0.1) is 27.6 Å². The van der Waals surface area contributed by atoms with Gasteiger partial charge in [0.15, 0.2) is 0 Å². The number of pyridine rings is 1. The Balaban J connectivity index is 1.52. The van der Waals surface area contributed by atoms with Crippen molar-refractivity contribution in [3.05, 3.63) is 127 Å². The summed E-state index contributed by atoms with van der Waals surface area (Å²) in [7, 11) is 0. The van der Waals surface area contributed by atoms with Crippen LogP contribution in [0.5, 0.6) is 0 Å². The van der Waals surface area contributed by atoms with E-state index in [4.69, 9.17) is 4.98 Å². The molecule has 190 valence electrons. The normalized spacial score (nSPS) is 12.4. The summed E-state index contributed by atoms with van der Waals surface area (Å²) in [5.41, 5.74) is 7.96. The predicted molar refractivity (Wildman–Crippen MR) is 175 cm³/mol. The van der Waals surface area contributed by atoms with Crippen LogP contribution >= 0.6 is 11.3 Å². The van der Waals surface area contributed by atoms with Gasteiger partial charge in [-0.05, 0) is 60.0 Å². The van der Waals surface area contributed by atoms with Crippen molar-refractivity contribution in [1.29, 1.82) is 0 Å². The quantitative estimate of drug-likeness (QED) is 0.190. The Morgan fingerprint density at radius 2 is 1.17 bits per heavy atom. The predicted octanol–water partition coefficient (Wildman–Crippen LogP) is 10.3. The van der Waals surface area contributed by atoms with Crippen molar-refractivity contribution in [2.45, 2.75) is 0 Å². The molecule has 0 aliphatic rings. The van der Waals surface area contributed by atoms with Crippen LogP contribution in [0.1, 0.15) is 0 Å². The van der Waals surface area contributed by atoms with Gasteiger partial charge in [0, 0.05) is 47.4 Å². The molecule has 0 amide bonds. The van der Waals surface area contributed by atoms with Gasteiger partial charge >= 0.3 is 0 Å². The van der Waals surface area contributed by atoms with Gasteiger partial charge in [0.2, 0.25) is 0 Å². The van der Waals surface area contributed by atoms with Crippen molar-refractivity contribution in [1.82, 2.24) is 14.0 Å². The summed E-state index contributed by atoms with van der Waals surface area (Å²) in [6.07, 6.45) is 0. The van der Waals surface area contributed by atoms with Gasteiger partial charge in [-0.15, -0.1) is 11.3 Å². The molecule has 10 rings (SSSR count). The molecule has 0 saturated carbocycles. The zero-order chi connectivity index (χ0) is 26.7. The number of rotatable bonds is 1. The zero-order valence-corrected chi connectivity index (χ0v) is 22.7. The van der Waals surface area contributed by atoms with Gasteiger partial charge in [0.25, 0.3) is 0 Å². The molecule has 6 aromatic carbocycles. The summed E-state index contributed by atoms with van der Waals surface area (Å²) in [4.78, 5) is 5.29. The highest BCUT2D eigenvalue weighted by Gasteiger charge is 2.21. The molecular formula is C37H21N3S. The Kier molecular flexibility index (Phi) is 4.07. The van der Waals surface area contributed by atoms with Crippen LogP contribution in [0.25, 0.3) is 86.0 Å². The number of hydrogen-bond donors (Lipinski definition) is 0. The van der Waals surface area contributed by atoms with Crippen molar-refractivity contribution < 1.29 is 0 Å². The molecule has 0 radical (unpaired) electrons. The number of fused-ring (bicyclic) bond motifs is 15. The van der Waals surface area contributed by atoms with Gasteiger partial charge in [-0.25, -0.2) is 4.98 Å². The van der Waals surface area contributed by atoms with Crippen LogP contribution in [0.2, 0.25) is 0 Å². The molecule has 0 aliphatic heterocycles. The van der Waals surface area contributed by atoms with E-state index in [1.165, 1.54) is 69.3 Å². The first-order valence-corrected chi connectivity index (χ1v) is 14.7. The molecule has 0 unspecified atom stereocenters. The molecule has 0 atom stereocenters. The Morgan fingerprint density at radius 3 is 2.07 bits per heavy atom. The van der Waals surface area contributed by atoms with E-state index in [9.17, 15) is 0 Å². The Bertz CT molecular complexity index is 2690. The first-order chi connectivity index (χ1) is 20.3. The minimum absolute atomic E-state index is 1.02. The lowest BCUT2D eigenvalue weighted by Crippen LogP contribution is -1.95. The number of aromatic nitrogens is 3. The van der Waals surface area contributed by atoms with E-state index in [1.54, 1.807) is 0 Å². The van der Waals surface area contributed by atoms with E-state index in [2.05, 4.69) is 136 Å². The minimum Gasteiger partial charge on any atom is -0.309 e. The fraction of sp³-hybridized carbons (Fsp3) is 0. The van der Waals surface area contributed by atoms with Crippen molar-refractivity contribution in [3.8, 4) is 5.69 Å². The minimum atomic E-state index is 1.02. The van der Waals surface area contributed by atoms with Gasteiger partial charge in [-0.1, -0.05) is 72.8 Å². The highest BCUT2D eigenvalue weighted by molar-refractivity contribution is 7.26. The van der Waals surface area contributed by atoms with E-state index in [1.807, 2.05) is 11.3 Å². The summed E-state index contributed by atoms with van der Waals surface area (Å²) in [6, 6.07) is 46.2. The highest BCUT2D eigenvalue weighted by Crippen LogP contribution is 2.44. The lowest BCUT2D eigenvalue weighted by Gasteiger charge is -2.12. The number of nitrogens with zero attached hydrogens (tertiary/aromatic N) is 3. The summed E-state index contributed by atoms with van der Waals surface area (Å²) in [5, 5.41) is 8.80. The summed E-state index contributed by atoms with van der Waals surface area (Å²) >= 11 is 1.86. The van der Waals surface area contributed by atoms with Crippen LogP contribution in [-0.4, -0.2) is 14.0 Å². The maximum Gasteiger partial charge on any atom is 0.147 e. The summed E-state index contributed by atoms with van der Waals surface area (Å²) < 4.78 is 7.41. The molecule has 0 N–H and O–H groups in total. The molecule has 4 heterocycles. The third-order valence-electron chi connectivity index (χ3n) is 8.66. The molecule has 4 heteroatoms. The fourth-order valence-corrected chi connectivity index (χ4v) is 8.08. The van der Waals surface area contributed by atoms with Crippen LogP contribution in [0.4, 0.5) is 0 Å². The lowest BCUT2D eigenvalue weighted by molar-refractivity contribution is 1.18. The maximum absolute atomic E-state index is 5.29. The van der Waals surface area contributed by atoms with E-state index in [0.29, 0.717) is 0 Å². The molecule has 0 fully saturated rings. The first kappa shape index (κ1) is 21.6. The summed E-state index contributed by atoms with van der Waals surface area (Å²) in [6.45, 7) is 0.